The SMILES string of the molecule is C=C[C@H]([C@H](O)CC/C(=C/c1ccc(CO)o1)c1ccccc1)[C@H](O)C(C)C. The van der Waals surface area contributed by atoms with Crippen molar-refractivity contribution in [3.05, 3.63) is 72.2 Å². The molecule has 0 saturated carbocycles. The summed E-state index contributed by atoms with van der Waals surface area (Å²) in [5.74, 6) is 0.855. The molecule has 1 aromatic carbocycles. The highest BCUT2D eigenvalue weighted by atomic mass is 16.4. The van der Waals surface area contributed by atoms with E-state index in [0.29, 0.717) is 24.4 Å². The van der Waals surface area contributed by atoms with Crippen molar-refractivity contribution in [2.75, 3.05) is 0 Å². The van der Waals surface area contributed by atoms with Crippen molar-refractivity contribution in [2.24, 2.45) is 11.8 Å². The first kappa shape index (κ1) is 21.2. The molecule has 3 atom stereocenters. The molecule has 2 rings (SSSR count). The van der Waals surface area contributed by atoms with Crippen molar-refractivity contribution in [1.29, 1.82) is 0 Å². The van der Waals surface area contributed by atoms with Gasteiger partial charge in [-0.1, -0.05) is 50.3 Å². The van der Waals surface area contributed by atoms with E-state index >= 15 is 0 Å². The summed E-state index contributed by atoms with van der Waals surface area (Å²) in [7, 11) is 0. The second-order valence-electron chi connectivity index (χ2n) is 7.15. The predicted molar refractivity (Wildman–Crippen MR) is 109 cm³/mol. The minimum absolute atomic E-state index is 0.0480. The Morgan fingerprint density at radius 2 is 1.81 bits per heavy atom. The number of benzene rings is 1. The van der Waals surface area contributed by atoms with Crippen LogP contribution in [0.1, 0.15) is 43.8 Å². The summed E-state index contributed by atoms with van der Waals surface area (Å²) >= 11 is 0. The topological polar surface area (TPSA) is 73.8 Å². The van der Waals surface area contributed by atoms with Gasteiger partial charge in [-0.3, -0.25) is 0 Å². The van der Waals surface area contributed by atoms with E-state index < -0.39 is 12.2 Å². The number of aliphatic hydroxyl groups is 3. The fourth-order valence-corrected chi connectivity index (χ4v) is 3.15. The second-order valence-corrected chi connectivity index (χ2v) is 7.15. The highest BCUT2D eigenvalue weighted by Gasteiger charge is 2.26. The molecule has 1 heterocycles. The fraction of sp³-hybridized carbons (Fsp3) is 0.391. The van der Waals surface area contributed by atoms with Gasteiger partial charge in [0.1, 0.15) is 18.1 Å². The first-order valence-corrected chi connectivity index (χ1v) is 9.40. The van der Waals surface area contributed by atoms with Crippen LogP contribution < -0.4 is 0 Å². The van der Waals surface area contributed by atoms with Crippen LogP contribution in [0.2, 0.25) is 0 Å². The molecule has 0 bridgehead atoms. The maximum absolute atomic E-state index is 10.6. The van der Waals surface area contributed by atoms with Gasteiger partial charge in [0.2, 0.25) is 0 Å². The van der Waals surface area contributed by atoms with Crippen LogP contribution in [-0.4, -0.2) is 27.5 Å². The van der Waals surface area contributed by atoms with E-state index in [1.165, 1.54) is 0 Å². The smallest absolute Gasteiger partial charge is 0.130 e. The number of aliphatic hydroxyl groups excluding tert-OH is 3. The van der Waals surface area contributed by atoms with Gasteiger partial charge in [-0.25, -0.2) is 0 Å². The number of furan rings is 1. The highest BCUT2D eigenvalue weighted by Crippen LogP contribution is 2.28. The van der Waals surface area contributed by atoms with Crippen molar-refractivity contribution in [2.45, 2.75) is 45.5 Å². The normalized spacial score (nSPS) is 15.6. The molecule has 0 saturated heterocycles. The van der Waals surface area contributed by atoms with Crippen molar-refractivity contribution >= 4 is 11.6 Å². The molecule has 3 N–H and O–H groups in total. The van der Waals surface area contributed by atoms with Crippen molar-refractivity contribution in [1.82, 2.24) is 0 Å². The van der Waals surface area contributed by atoms with Crippen LogP contribution in [-0.2, 0) is 6.61 Å². The van der Waals surface area contributed by atoms with Crippen molar-refractivity contribution in [3.63, 3.8) is 0 Å². The van der Waals surface area contributed by atoms with Crippen LogP contribution >= 0.6 is 0 Å². The molecular formula is C23H30O4. The Kier molecular flexibility index (Phi) is 8.04. The highest BCUT2D eigenvalue weighted by molar-refractivity contribution is 5.80. The molecular weight excluding hydrogens is 340 g/mol. The number of hydrogen-bond acceptors (Lipinski definition) is 4. The molecule has 146 valence electrons. The Morgan fingerprint density at radius 3 is 2.37 bits per heavy atom. The largest absolute Gasteiger partial charge is 0.459 e. The Hall–Kier alpha value is -2.14. The molecule has 0 aliphatic rings. The lowest BCUT2D eigenvalue weighted by molar-refractivity contribution is 0.00938. The average Bonchev–Trinajstić information content (AvgIpc) is 3.13. The minimum atomic E-state index is -0.684. The molecule has 1 aromatic heterocycles. The van der Waals surface area contributed by atoms with Gasteiger partial charge in [0, 0.05) is 5.92 Å². The average molecular weight is 370 g/mol. The summed E-state index contributed by atoms with van der Waals surface area (Å²) in [5.41, 5.74) is 2.07. The number of hydrogen-bond donors (Lipinski definition) is 3. The fourth-order valence-electron chi connectivity index (χ4n) is 3.15. The molecule has 0 aliphatic heterocycles. The quantitative estimate of drug-likeness (QED) is 0.546. The molecule has 2 aromatic rings. The van der Waals surface area contributed by atoms with Crippen LogP contribution in [0.4, 0.5) is 0 Å². The zero-order valence-corrected chi connectivity index (χ0v) is 16.1. The number of allylic oxidation sites excluding steroid dienone is 1. The van der Waals surface area contributed by atoms with Crippen molar-refractivity contribution in [3.8, 4) is 0 Å². The second kappa shape index (κ2) is 10.3. The van der Waals surface area contributed by atoms with Gasteiger partial charge in [-0.15, -0.1) is 6.58 Å². The Bertz CT molecular complexity index is 730. The monoisotopic (exact) mass is 370 g/mol. The number of rotatable bonds is 10. The first-order chi connectivity index (χ1) is 13.0. The van der Waals surface area contributed by atoms with Crippen LogP contribution in [0.5, 0.6) is 0 Å². The van der Waals surface area contributed by atoms with E-state index in [1.807, 2.05) is 56.3 Å². The van der Waals surface area contributed by atoms with Gasteiger partial charge >= 0.3 is 0 Å². The Balaban J connectivity index is 2.18. The molecule has 27 heavy (non-hydrogen) atoms. The molecule has 0 aliphatic carbocycles. The standard InChI is InChI=1S/C23H30O4/c1-4-21(23(26)16(2)3)22(25)13-10-18(17-8-6-5-7-9-17)14-19-11-12-20(15-24)27-19/h4-9,11-12,14,16,21-26H,1,10,13,15H2,2-3H3/b18-14-/t21-,22-,23-/m1/s1. The van der Waals surface area contributed by atoms with Gasteiger partial charge in [0.25, 0.3) is 0 Å². The summed E-state index contributed by atoms with van der Waals surface area (Å²) in [6.45, 7) is 7.50. The van der Waals surface area contributed by atoms with Crippen LogP contribution in [0, 0.1) is 11.8 Å². The summed E-state index contributed by atoms with van der Waals surface area (Å²) in [6, 6.07) is 13.5. The molecule has 0 amide bonds. The zero-order valence-electron chi connectivity index (χ0n) is 16.1. The van der Waals surface area contributed by atoms with Gasteiger partial charge in [-0.2, -0.15) is 0 Å². The zero-order chi connectivity index (χ0) is 19.8. The molecule has 0 radical (unpaired) electrons. The molecule has 0 unspecified atom stereocenters. The maximum Gasteiger partial charge on any atom is 0.130 e. The summed E-state index contributed by atoms with van der Waals surface area (Å²) in [6.07, 6.45) is 3.38. The van der Waals surface area contributed by atoms with E-state index in [9.17, 15) is 15.3 Å². The van der Waals surface area contributed by atoms with Gasteiger partial charge in [0.15, 0.2) is 0 Å². The first-order valence-electron chi connectivity index (χ1n) is 9.40. The van der Waals surface area contributed by atoms with E-state index in [1.54, 1.807) is 12.1 Å². The van der Waals surface area contributed by atoms with Crippen LogP contribution in [0.25, 0.3) is 11.6 Å². The van der Waals surface area contributed by atoms with E-state index in [4.69, 9.17) is 4.42 Å². The lowest BCUT2D eigenvalue weighted by Crippen LogP contribution is -2.33. The summed E-state index contributed by atoms with van der Waals surface area (Å²) in [5, 5.41) is 30.1. The molecule has 4 nitrogen and oxygen atoms in total. The van der Waals surface area contributed by atoms with Crippen molar-refractivity contribution < 1.29 is 19.7 Å². The molecule has 4 heteroatoms. The maximum atomic E-state index is 10.6. The molecule has 0 spiro atoms. The third kappa shape index (κ3) is 5.93. The third-order valence-electron chi connectivity index (χ3n) is 4.80. The van der Waals surface area contributed by atoms with E-state index in [-0.39, 0.29) is 18.4 Å². The van der Waals surface area contributed by atoms with E-state index in [0.717, 1.165) is 11.1 Å². The lowest BCUT2D eigenvalue weighted by Gasteiger charge is -2.27. The molecule has 0 fully saturated rings. The lowest BCUT2D eigenvalue weighted by atomic mass is 9.85. The third-order valence-corrected chi connectivity index (χ3v) is 4.80. The van der Waals surface area contributed by atoms with Crippen LogP contribution in [0.3, 0.4) is 0 Å². The summed E-state index contributed by atoms with van der Waals surface area (Å²) in [4.78, 5) is 0. The van der Waals surface area contributed by atoms with Gasteiger partial charge < -0.3 is 19.7 Å². The van der Waals surface area contributed by atoms with Crippen LogP contribution in [0.15, 0.2) is 59.5 Å². The Labute approximate surface area is 161 Å². The van der Waals surface area contributed by atoms with Gasteiger partial charge in [0.05, 0.1) is 12.2 Å². The Morgan fingerprint density at radius 1 is 1.11 bits per heavy atom. The predicted octanol–water partition coefficient (Wildman–Crippen LogP) is 4.27. The van der Waals surface area contributed by atoms with Gasteiger partial charge in [-0.05, 0) is 48.1 Å². The minimum Gasteiger partial charge on any atom is -0.459 e. The summed E-state index contributed by atoms with van der Waals surface area (Å²) < 4.78 is 5.58. The van der Waals surface area contributed by atoms with E-state index in [2.05, 4.69) is 6.58 Å².